The molecule has 0 saturated carbocycles. The van der Waals surface area contributed by atoms with Crippen LogP contribution < -0.4 is 10.6 Å². The monoisotopic (exact) mass is 212 g/mol. The molecule has 3 rings (SSSR count). The van der Waals surface area contributed by atoms with Crippen molar-refractivity contribution < 1.29 is 9.53 Å². The van der Waals surface area contributed by atoms with Gasteiger partial charge in [0.25, 0.3) is 0 Å². The molecule has 0 aliphatic carbocycles. The van der Waals surface area contributed by atoms with Crippen molar-refractivity contribution in [1.29, 1.82) is 0 Å². The van der Waals surface area contributed by atoms with E-state index in [-0.39, 0.29) is 5.97 Å². The average Bonchev–Trinajstić information content (AvgIpc) is 2.29. The molecule has 4 nitrogen and oxygen atoms in total. The third-order valence-corrected chi connectivity index (χ3v) is 2.96. The lowest BCUT2D eigenvalue weighted by molar-refractivity contribution is -0.167. The normalized spacial score (nSPS) is 35.3. The van der Waals surface area contributed by atoms with E-state index in [1.54, 1.807) is 0 Å². The fourth-order valence-corrected chi connectivity index (χ4v) is 2.26. The predicted octanol–water partition coefficient (Wildman–Crippen LogP) is 0.422. The van der Waals surface area contributed by atoms with Gasteiger partial charge in [0.15, 0.2) is 0 Å². The summed E-state index contributed by atoms with van der Waals surface area (Å²) in [4.78, 5) is 12.0. The Kier molecular flexibility index (Phi) is 2.51. The highest BCUT2D eigenvalue weighted by Gasteiger charge is 2.52. The van der Waals surface area contributed by atoms with E-state index in [9.17, 15) is 4.79 Å². The number of ether oxygens (including phenoxy) is 1. The zero-order valence-electron chi connectivity index (χ0n) is 9.72. The van der Waals surface area contributed by atoms with E-state index in [0.29, 0.717) is 12.6 Å². The van der Waals surface area contributed by atoms with Crippen molar-refractivity contribution in [3.05, 3.63) is 0 Å². The van der Waals surface area contributed by atoms with Gasteiger partial charge in [0.1, 0.15) is 11.1 Å². The molecular weight excluding hydrogens is 192 g/mol. The molecule has 0 spiro atoms. The molecule has 2 unspecified atom stereocenters. The number of fused-ring (bicyclic) bond motifs is 3. The maximum atomic E-state index is 12.0. The summed E-state index contributed by atoms with van der Waals surface area (Å²) in [5.41, 5.74) is -0.848. The van der Waals surface area contributed by atoms with Crippen LogP contribution in [-0.4, -0.2) is 36.2 Å². The van der Waals surface area contributed by atoms with Crippen LogP contribution in [-0.2, 0) is 9.53 Å². The average molecular weight is 212 g/mol. The van der Waals surface area contributed by atoms with E-state index >= 15 is 0 Å². The van der Waals surface area contributed by atoms with Crippen LogP contribution in [0.2, 0.25) is 0 Å². The third kappa shape index (κ3) is 2.16. The van der Waals surface area contributed by atoms with Crippen molar-refractivity contribution >= 4 is 5.97 Å². The zero-order chi connectivity index (χ0) is 11.1. The van der Waals surface area contributed by atoms with Gasteiger partial charge in [0.2, 0.25) is 0 Å². The maximum absolute atomic E-state index is 12.0. The molecule has 2 bridgehead atoms. The van der Waals surface area contributed by atoms with Crippen LogP contribution in [0.15, 0.2) is 0 Å². The molecule has 4 heteroatoms. The summed E-state index contributed by atoms with van der Waals surface area (Å²) in [5.74, 6) is -0.111. The van der Waals surface area contributed by atoms with Crippen LogP contribution in [0.25, 0.3) is 0 Å². The molecule has 3 heterocycles. The lowest BCUT2D eigenvalue weighted by Crippen LogP contribution is -2.70. The highest BCUT2D eigenvalue weighted by molar-refractivity contribution is 5.83. The summed E-state index contributed by atoms with van der Waals surface area (Å²) < 4.78 is 5.43. The quantitative estimate of drug-likeness (QED) is 0.619. The fourth-order valence-electron chi connectivity index (χ4n) is 2.26. The topological polar surface area (TPSA) is 50.4 Å². The van der Waals surface area contributed by atoms with Gasteiger partial charge in [-0.25, -0.2) is 4.79 Å². The van der Waals surface area contributed by atoms with Crippen molar-refractivity contribution in [1.82, 2.24) is 10.6 Å². The standard InChI is InChI=1S/C11H20N2O2/c1-10(2,3)15-9(14)11-6-8(13-11)4-5-12-7-11/h8,12-13H,4-7H2,1-3H3. The van der Waals surface area contributed by atoms with Gasteiger partial charge in [-0.2, -0.15) is 0 Å². The number of rotatable bonds is 1. The van der Waals surface area contributed by atoms with Crippen molar-refractivity contribution in [2.75, 3.05) is 13.1 Å². The van der Waals surface area contributed by atoms with E-state index in [1.807, 2.05) is 20.8 Å². The molecule has 15 heavy (non-hydrogen) atoms. The number of carbonyl (C=O) groups excluding carboxylic acids is 1. The second-order valence-electron chi connectivity index (χ2n) is 5.59. The summed E-state index contributed by atoms with van der Waals surface area (Å²) in [6.07, 6.45) is 2.01. The van der Waals surface area contributed by atoms with Gasteiger partial charge in [0, 0.05) is 12.6 Å². The third-order valence-electron chi connectivity index (χ3n) is 2.96. The number of nitrogens with one attached hydrogen (secondary N) is 2. The Morgan fingerprint density at radius 3 is 2.73 bits per heavy atom. The zero-order valence-corrected chi connectivity index (χ0v) is 9.72. The van der Waals surface area contributed by atoms with Crippen LogP contribution in [0.5, 0.6) is 0 Å². The first-order chi connectivity index (χ1) is 6.91. The van der Waals surface area contributed by atoms with Crippen LogP contribution >= 0.6 is 0 Å². The number of hydrogen-bond donors (Lipinski definition) is 2. The SMILES string of the molecule is CC(C)(C)OC(=O)C12CNCCC(C1)N2. The highest BCUT2D eigenvalue weighted by Crippen LogP contribution is 2.30. The minimum atomic E-state index is -0.450. The predicted molar refractivity (Wildman–Crippen MR) is 57.6 cm³/mol. The molecule has 3 aliphatic heterocycles. The van der Waals surface area contributed by atoms with Crippen LogP contribution in [0, 0.1) is 0 Å². The van der Waals surface area contributed by atoms with Gasteiger partial charge in [-0.1, -0.05) is 0 Å². The van der Waals surface area contributed by atoms with Gasteiger partial charge >= 0.3 is 5.97 Å². The highest BCUT2D eigenvalue weighted by atomic mass is 16.6. The lowest BCUT2D eigenvalue weighted by atomic mass is 9.81. The van der Waals surface area contributed by atoms with Crippen molar-refractivity contribution in [3.63, 3.8) is 0 Å². The van der Waals surface area contributed by atoms with Crippen LogP contribution in [0.1, 0.15) is 33.6 Å². The molecule has 0 radical (unpaired) electrons. The van der Waals surface area contributed by atoms with Crippen LogP contribution in [0.3, 0.4) is 0 Å². The molecule has 86 valence electrons. The second kappa shape index (κ2) is 3.46. The summed E-state index contributed by atoms with van der Waals surface area (Å²) in [5, 5.41) is 6.62. The molecule has 0 aromatic carbocycles. The Bertz CT molecular complexity index is 259. The van der Waals surface area contributed by atoms with Gasteiger partial charge in [-0.15, -0.1) is 0 Å². The Morgan fingerprint density at radius 2 is 2.13 bits per heavy atom. The first-order valence-corrected chi connectivity index (χ1v) is 5.63. The molecule has 2 atom stereocenters. The first-order valence-electron chi connectivity index (χ1n) is 5.63. The number of esters is 1. The Balaban J connectivity index is 2.01. The molecule has 3 saturated heterocycles. The minimum absolute atomic E-state index is 0.111. The van der Waals surface area contributed by atoms with Crippen molar-refractivity contribution in [2.24, 2.45) is 0 Å². The maximum Gasteiger partial charge on any atom is 0.328 e. The van der Waals surface area contributed by atoms with E-state index in [1.165, 1.54) is 0 Å². The van der Waals surface area contributed by atoms with Gasteiger partial charge in [-0.3, -0.25) is 5.32 Å². The fraction of sp³-hybridized carbons (Fsp3) is 0.909. The van der Waals surface area contributed by atoms with E-state index in [0.717, 1.165) is 19.4 Å². The Hall–Kier alpha value is -0.610. The largest absolute Gasteiger partial charge is 0.459 e. The van der Waals surface area contributed by atoms with Crippen molar-refractivity contribution in [3.8, 4) is 0 Å². The van der Waals surface area contributed by atoms with Gasteiger partial charge in [-0.05, 0) is 40.2 Å². The summed E-state index contributed by atoms with van der Waals surface area (Å²) in [6.45, 7) is 7.39. The van der Waals surface area contributed by atoms with E-state index < -0.39 is 11.1 Å². The molecule has 3 fully saturated rings. The first kappa shape index (κ1) is 10.9. The Labute approximate surface area is 90.8 Å². The lowest BCUT2D eigenvalue weighted by Gasteiger charge is -2.45. The molecule has 0 aromatic heterocycles. The van der Waals surface area contributed by atoms with Gasteiger partial charge in [0.05, 0.1) is 0 Å². The van der Waals surface area contributed by atoms with Crippen LogP contribution in [0.4, 0.5) is 0 Å². The second-order valence-corrected chi connectivity index (χ2v) is 5.59. The molecule has 0 aromatic rings. The number of hydrogen-bond acceptors (Lipinski definition) is 4. The summed E-state index contributed by atoms with van der Waals surface area (Å²) in [6, 6.07) is 0.493. The molecule has 3 aliphatic rings. The molecule has 2 N–H and O–H groups in total. The minimum Gasteiger partial charge on any atom is -0.459 e. The Morgan fingerprint density at radius 1 is 1.47 bits per heavy atom. The summed E-state index contributed by atoms with van der Waals surface area (Å²) >= 11 is 0. The summed E-state index contributed by atoms with van der Waals surface area (Å²) in [7, 11) is 0. The van der Waals surface area contributed by atoms with Gasteiger partial charge < -0.3 is 10.1 Å². The van der Waals surface area contributed by atoms with E-state index in [2.05, 4.69) is 10.6 Å². The molecule has 0 amide bonds. The smallest absolute Gasteiger partial charge is 0.328 e. The molecular formula is C11H20N2O2. The van der Waals surface area contributed by atoms with E-state index in [4.69, 9.17) is 4.74 Å². The van der Waals surface area contributed by atoms with Crippen molar-refractivity contribution in [2.45, 2.75) is 50.8 Å². The number of carbonyl (C=O) groups is 1.